The van der Waals surface area contributed by atoms with Crippen molar-refractivity contribution < 1.29 is 4.43 Å². The number of rotatable bonds is 6. The zero-order valence-corrected chi connectivity index (χ0v) is 9.60. The van der Waals surface area contributed by atoms with E-state index in [1.165, 1.54) is 0 Å². The summed E-state index contributed by atoms with van der Waals surface area (Å²) in [6, 6.07) is 0. The van der Waals surface area contributed by atoms with Gasteiger partial charge in [0.25, 0.3) is 0 Å². The molecule has 64 valence electrons. The first-order chi connectivity index (χ1) is 5.18. The normalized spacial score (nSPS) is 11.4. The molecule has 1 nitrogen and oxygen atoms in total. The summed E-state index contributed by atoms with van der Waals surface area (Å²) >= 11 is 0. The molecule has 0 amide bonds. The zero-order chi connectivity index (χ0) is 8.74. The largest absolute Gasteiger partial charge is 0.427 e. The molecule has 0 unspecified atom stereocenters. The van der Waals surface area contributed by atoms with Gasteiger partial charge in [-0.15, -0.1) is 13.2 Å². The summed E-state index contributed by atoms with van der Waals surface area (Å²) in [5, 5.41) is 0. The standard InChI is InChI=1S/C9H18OSi/c1-4-6-9(3,7-5-2)8-10-11/h4-5H,1-2,6-8H2,3,11H3. The lowest BCUT2D eigenvalue weighted by atomic mass is 9.84. The van der Waals surface area contributed by atoms with Crippen LogP contribution in [0.5, 0.6) is 0 Å². The predicted molar refractivity (Wildman–Crippen MR) is 53.6 cm³/mol. The summed E-state index contributed by atoms with van der Waals surface area (Å²) in [5.74, 6) is 0. The Morgan fingerprint density at radius 1 is 1.36 bits per heavy atom. The summed E-state index contributed by atoms with van der Waals surface area (Å²) in [7, 11) is 0.816. The Labute approximate surface area is 72.7 Å². The van der Waals surface area contributed by atoms with Crippen molar-refractivity contribution in [2.24, 2.45) is 5.41 Å². The topological polar surface area (TPSA) is 9.23 Å². The lowest BCUT2D eigenvalue weighted by molar-refractivity contribution is 0.178. The van der Waals surface area contributed by atoms with E-state index in [2.05, 4.69) is 20.1 Å². The van der Waals surface area contributed by atoms with E-state index in [0.717, 1.165) is 29.9 Å². The zero-order valence-electron chi connectivity index (χ0n) is 7.60. The molecule has 0 spiro atoms. The van der Waals surface area contributed by atoms with E-state index in [0.29, 0.717) is 0 Å². The third-order valence-corrected chi connectivity index (χ3v) is 2.06. The van der Waals surface area contributed by atoms with Gasteiger partial charge in [0.05, 0.1) is 0 Å². The first kappa shape index (κ1) is 10.7. The summed E-state index contributed by atoms with van der Waals surface area (Å²) in [4.78, 5) is 0. The Kier molecular flexibility index (Phi) is 5.16. The molecule has 0 aromatic heterocycles. The van der Waals surface area contributed by atoms with E-state index < -0.39 is 0 Å². The second kappa shape index (κ2) is 5.33. The van der Waals surface area contributed by atoms with E-state index in [1.807, 2.05) is 12.2 Å². The van der Waals surface area contributed by atoms with Gasteiger partial charge < -0.3 is 4.43 Å². The molecule has 0 atom stereocenters. The lowest BCUT2D eigenvalue weighted by Crippen LogP contribution is -2.21. The second-order valence-electron chi connectivity index (χ2n) is 3.23. The first-order valence-electron chi connectivity index (χ1n) is 3.89. The highest BCUT2D eigenvalue weighted by Crippen LogP contribution is 2.26. The minimum atomic E-state index is 0.227. The molecule has 0 aliphatic carbocycles. The van der Waals surface area contributed by atoms with Crippen LogP contribution in [-0.2, 0) is 4.43 Å². The van der Waals surface area contributed by atoms with Gasteiger partial charge in [-0.3, -0.25) is 0 Å². The van der Waals surface area contributed by atoms with Gasteiger partial charge in [0.1, 0.15) is 10.5 Å². The van der Waals surface area contributed by atoms with Crippen LogP contribution in [0, 0.1) is 5.41 Å². The first-order valence-corrected chi connectivity index (χ1v) is 4.71. The Morgan fingerprint density at radius 3 is 2.09 bits per heavy atom. The quantitative estimate of drug-likeness (QED) is 0.433. The molecule has 0 aliphatic rings. The third kappa shape index (κ3) is 4.17. The van der Waals surface area contributed by atoms with Crippen LogP contribution >= 0.6 is 0 Å². The third-order valence-electron chi connectivity index (χ3n) is 1.77. The van der Waals surface area contributed by atoms with Gasteiger partial charge in [-0.05, 0) is 18.3 Å². The summed E-state index contributed by atoms with van der Waals surface area (Å²) in [5.41, 5.74) is 0.227. The van der Waals surface area contributed by atoms with Crippen molar-refractivity contribution >= 4 is 10.5 Å². The molecule has 0 aromatic rings. The molecular formula is C9H18OSi. The van der Waals surface area contributed by atoms with Gasteiger partial charge in [0, 0.05) is 6.61 Å². The van der Waals surface area contributed by atoms with Crippen LogP contribution in [0.3, 0.4) is 0 Å². The van der Waals surface area contributed by atoms with Crippen molar-refractivity contribution in [1.82, 2.24) is 0 Å². The van der Waals surface area contributed by atoms with Crippen molar-refractivity contribution in [2.45, 2.75) is 19.8 Å². The highest BCUT2D eigenvalue weighted by atomic mass is 28.2. The Bertz CT molecular complexity index is 122. The van der Waals surface area contributed by atoms with Crippen LogP contribution in [0.15, 0.2) is 25.3 Å². The smallest absolute Gasteiger partial charge is 0.145 e. The molecule has 0 bridgehead atoms. The monoisotopic (exact) mass is 170 g/mol. The van der Waals surface area contributed by atoms with Crippen LogP contribution in [0.4, 0.5) is 0 Å². The Morgan fingerprint density at radius 2 is 1.82 bits per heavy atom. The predicted octanol–water partition coefficient (Wildman–Crippen LogP) is 1.44. The fourth-order valence-electron chi connectivity index (χ4n) is 1.25. The maximum atomic E-state index is 5.26. The van der Waals surface area contributed by atoms with Gasteiger partial charge in [-0.2, -0.15) is 0 Å². The molecule has 0 aliphatic heterocycles. The molecule has 0 rings (SSSR count). The van der Waals surface area contributed by atoms with E-state index in [9.17, 15) is 0 Å². The minimum Gasteiger partial charge on any atom is -0.427 e. The molecule has 0 saturated heterocycles. The van der Waals surface area contributed by atoms with Gasteiger partial charge in [0.2, 0.25) is 0 Å². The van der Waals surface area contributed by atoms with E-state index >= 15 is 0 Å². The Hall–Kier alpha value is -0.343. The van der Waals surface area contributed by atoms with Gasteiger partial charge in [-0.1, -0.05) is 19.1 Å². The fraction of sp³-hybridized carbons (Fsp3) is 0.556. The van der Waals surface area contributed by atoms with E-state index in [4.69, 9.17) is 4.43 Å². The molecule has 0 radical (unpaired) electrons. The molecular weight excluding hydrogens is 152 g/mol. The number of allylic oxidation sites excluding steroid dienone is 2. The molecule has 11 heavy (non-hydrogen) atoms. The molecule has 0 fully saturated rings. The molecule has 0 aromatic carbocycles. The van der Waals surface area contributed by atoms with Crippen molar-refractivity contribution in [1.29, 1.82) is 0 Å². The van der Waals surface area contributed by atoms with Crippen molar-refractivity contribution in [3.63, 3.8) is 0 Å². The van der Waals surface area contributed by atoms with Gasteiger partial charge >= 0.3 is 0 Å². The second-order valence-corrected chi connectivity index (χ2v) is 3.81. The summed E-state index contributed by atoms with van der Waals surface area (Å²) in [6.45, 7) is 10.5. The average molecular weight is 170 g/mol. The highest BCUT2D eigenvalue weighted by molar-refractivity contribution is 5.97. The van der Waals surface area contributed by atoms with E-state index in [1.54, 1.807) is 0 Å². The minimum absolute atomic E-state index is 0.227. The van der Waals surface area contributed by atoms with E-state index in [-0.39, 0.29) is 5.41 Å². The lowest BCUT2D eigenvalue weighted by Gasteiger charge is -2.26. The maximum absolute atomic E-state index is 5.26. The molecule has 2 heteroatoms. The number of hydrogen-bond acceptors (Lipinski definition) is 1. The fourth-order valence-corrected chi connectivity index (χ4v) is 1.94. The molecule has 0 heterocycles. The van der Waals surface area contributed by atoms with Crippen molar-refractivity contribution in [2.75, 3.05) is 6.61 Å². The Balaban J connectivity index is 3.98. The SMILES string of the molecule is C=CCC(C)(CC=C)CO[SiH3]. The van der Waals surface area contributed by atoms with Crippen LogP contribution in [0.25, 0.3) is 0 Å². The summed E-state index contributed by atoms with van der Waals surface area (Å²) < 4.78 is 5.26. The average Bonchev–Trinajstić information content (AvgIpc) is 1.88. The summed E-state index contributed by atoms with van der Waals surface area (Å²) in [6.07, 6.45) is 5.90. The van der Waals surface area contributed by atoms with Gasteiger partial charge in [0.15, 0.2) is 0 Å². The van der Waals surface area contributed by atoms with Crippen molar-refractivity contribution in [3.8, 4) is 0 Å². The molecule has 0 N–H and O–H groups in total. The van der Waals surface area contributed by atoms with Crippen LogP contribution in [-0.4, -0.2) is 17.1 Å². The maximum Gasteiger partial charge on any atom is 0.145 e. The highest BCUT2D eigenvalue weighted by Gasteiger charge is 2.19. The van der Waals surface area contributed by atoms with Crippen LogP contribution < -0.4 is 0 Å². The van der Waals surface area contributed by atoms with Gasteiger partial charge in [-0.25, -0.2) is 0 Å². The van der Waals surface area contributed by atoms with Crippen LogP contribution in [0.2, 0.25) is 0 Å². The molecule has 0 saturated carbocycles. The van der Waals surface area contributed by atoms with Crippen molar-refractivity contribution in [3.05, 3.63) is 25.3 Å². The number of hydrogen-bond donors (Lipinski definition) is 0. The van der Waals surface area contributed by atoms with Crippen LogP contribution in [0.1, 0.15) is 19.8 Å².